The first kappa shape index (κ1) is 18.7. The molecule has 0 fully saturated rings. The molecule has 3 aromatic rings. The fraction of sp³-hybridized carbons (Fsp3) is 0.167. The predicted octanol–water partition coefficient (Wildman–Crippen LogP) is 4.25. The highest BCUT2D eigenvalue weighted by Gasteiger charge is 2.37. The van der Waals surface area contributed by atoms with Gasteiger partial charge in [-0.1, -0.05) is 54.6 Å². The van der Waals surface area contributed by atoms with Crippen molar-refractivity contribution < 1.29 is 19.1 Å². The number of esters is 1. The Morgan fingerprint density at radius 1 is 1.07 bits per heavy atom. The van der Waals surface area contributed by atoms with E-state index in [0.717, 1.165) is 16.3 Å². The second-order valence-electron chi connectivity index (χ2n) is 6.69. The highest BCUT2D eigenvalue weighted by atomic mass is 16.5. The molecule has 1 aliphatic rings. The summed E-state index contributed by atoms with van der Waals surface area (Å²) < 4.78 is 11.1. The zero-order chi connectivity index (χ0) is 20.4. The van der Waals surface area contributed by atoms with Crippen LogP contribution in [0.15, 0.2) is 72.6 Å². The van der Waals surface area contributed by atoms with E-state index in [1.165, 1.54) is 0 Å². The smallest absolute Gasteiger partial charge is 0.338 e. The Morgan fingerprint density at radius 3 is 2.62 bits per heavy atom. The Bertz CT molecular complexity index is 1130. The molecular weight excluding hydrogens is 366 g/mol. The van der Waals surface area contributed by atoms with Crippen LogP contribution in [0.3, 0.4) is 0 Å². The van der Waals surface area contributed by atoms with Crippen molar-refractivity contribution >= 4 is 28.1 Å². The van der Waals surface area contributed by atoms with Crippen molar-refractivity contribution in [2.45, 2.75) is 13.0 Å². The number of Topliss-reactive ketones (excluding diaryl/α,β-unsaturated/α-hetero) is 1. The summed E-state index contributed by atoms with van der Waals surface area (Å²) >= 11 is 0. The number of ketones is 1. The monoisotopic (exact) mass is 387 g/mol. The van der Waals surface area contributed by atoms with Crippen LogP contribution in [0.25, 0.3) is 16.3 Å². The maximum Gasteiger partial charge on any atom is 0.338 e. The molecule has 4 rings (SSSR count). The summed E-state index contributed by atoms with van der Waals surface area (Å²) in [6.45, 7) is 2.05. The maximum atomic E-state index is 13.4. The van der Waals surface area contributed by atoms with Gasteiger partial charge in [0.15, 0.2) is 12.0 Å². The molecule has 1 unspecified atom stereocenters. The molecule has 0 saturated carbocycles. The molecule has 0 radical (unpaired) electrons. The predicted molar refractivity (Wildman–Crippen MR) is 111 cm³/mol. The molecule has 5 heteroatoms. The van der Waals surface area contributed by atoms with Gasteiger partial charge in [-0.2, -0.15) is 0 Å². The van der Waals surface area contributed by atoms with Crippen LogP contribution < -0.4 is 5.32 Å². The van der Waals surface area contributed by atoms with E-state index in [4.69, 9.17) is 9.47 Å². The Hall–Kier alpha value is -3.60. The fourth-order valence-electron chi connectivity index (χ4n) is 3.63. The number of hydrogen-bond acceptors (Lipinski definition) is 5. The maximum absolute atomic E-state index is 13.4. The molecule has 29 heavy (non-hydrogen) atoms. The van der Waals surface area contributed by atoms with E-state index in [2.05, 4.69) is 5.32 Å². The molecule has 3 aromatic carbocycles. The van der Waals surface area contributed by atoms with Crippen LogP contribution in [-0.4, -0.2) is 25.4 Å². The summed E-state index contributed by atoms with van der Waals surface area (Å²) in [5.41, 5.74) is 2.26. The first-order valence-corrected chi connectivity index (χ1v) is 9.52. The van der Waals surface area contributed by atoms with Gasteiger partial charge in [-0.3, -0.25) is 4.79 Å². The molecule has 0 amide bonds. The van der Waals surface area contributed by atoms with Gasteiger partial charge >= 0.3 is 5.97 Å². The van der Waals surface area contributed by atoms with Crippen LogP contribution in [0.1, 0.15) is 34.5 Å². The molecule has 1 N–H and O–H groups in total. The lowest BCUT2D eigenvalue weighted by Crippen LogP contribution is -2.11. The van der Waals surface area contributed by atoms with Crippen molar-refractivity contribution in [1.29, 1.82) is 0 Å². The Kier molecular flexibility index (Phi) is 5.04. The van der Waals surface area contributed by atoms with Crippen molar-refractivity contribution in [3.05, 3.63) is 89.3 Å². The molecule has 0 saturated heterocycles. The normalized spacial score (nSPS) is 16.1. The van der Waals surface area contributed by atoms with Crippen LogP contribution in [0, 0.1) is 0 Å². The van der Waals surface area contributed by atoms with Gasteiger partial charge in [-0.15, -0.1) is 0 Å². The summed E-state index contributed by atoms with van der Waals surface area (Å²) in [4.78, 5) is 25.5. The molecule has 0 aromatic heterocycles. The van der Waals surface area contributed by atoms with E-state index in [1.807, 2.05) is 42.5 Å². The van der Waals surface area contributed by atoms with Gasteiger partial charge in [0.25, 0.3) is 0 Å². The Labute approximate surface area is 168 Å². The summed E-state index contributed by atoms with van der Waals surface area (Å²) in [5, 5.41) is 5.01. The first-order chi connectivity index (χ1) is 14.1. The van der Waals surface area contributed by atoms with Crippen LogP contribution in [0.5, 0.6) is 0 Å². The largest absolute Gasteiger partial charge is 0.462 e. The minimum Gasteiger partial charge on any atom is -0.462 e. The third-order valence-electron chi connectivity index (χ3n) is 4.94. The number of nitrogens with one attached hydrogen (secondary N) is 1. The third kappa shape index (κ3) is 3.36. The number of hydrogen-bond donors (Lipinski definition) is 1. The summed E-state index contributed by atoms with van der Waals surface area (Å²) in [6, 6.07) is 20.6. The Morgan fingerprint density at radius 2 is 1.83 bits per heavy atom. The van der Waals surface area contributed by atoms with Gasteiger partial charge in [0.1, 0.15) is 0 Å². The van der Waals surface area contributed by atoms with Gasteiger partial charge in [-0.05, 0) is 35.4 Å². The number of rotatable bonds is 5. The first-order valence-electron chi connectivity index (χ1n) is 9.52. The standard InChI is InChI=1S/C24H21NO4/c1-3-28-24(27)17-11-6-10-16(14-17)20-21(26)22(29-23(20)25-2)19-13-7-9-15-8-4-5-12-18(15)19/h4-14,22,25H,3H2,1-2H3. The molecule has 0 bridgehead atoms. The van der Waals surface area contributed by atoms with Gasteiger partial charge in [-0.25, -0.2) is 4.79 Å². The fourth-order valence-corrected chi connectivity index (χ4v) is 3.63. The third-order valence-corrected chi connectivity index (χ3v) is 4.94. The van der Waals surface area contributed by atoms with E-state index >= 15 is 0 Å². The molecule has 1 heterocycles. The van der Waals surface area contributed by atoms with E-state index in [1.54, 1.807) is 38.2 Å². The molecular formula is C24H21NO4. The SMILES string of the molecule is CCOC(=O)c1cccc(C2=C(NC)OC(c3cccc4ccccc34)C2=O)c1. The second kappa shape index (κ2) is 7.80. The zero-order valence-corrected chi connectivity index (χ0v) is 16.3. The summed E-state index contributed by atoms with van der Waals surface area (Å²) in [7, 11) is 1.71. The quantitative estimate of drug-likeness (QED) is 0.663. The van der Waals surface area contributed by atoms with Crippen molar-refractivity contribution in [2.75, 3.05) is 13.7 Å². The topological polar surface area (TPSA) is 64.6 Å². The number of carbonyl (C=O) groups excluding carboxylic acids is 2. The van der Waals surface area contributed by atoms with E-state index in [9.17, 15) is 9.59 Å². The summed E-state index contributed by atoms with van der Waals surface area (Å²) in [6.07, 6.45) is -0.746. The molecule has 0 spiro atoms. The van der Waals surface area contributed by atoms with Crippen molar-refractivity contribution in [3.63, 3.8) is 0 Å². The van der Waals surface area contributed by atoms with Crippen LogP contribution in [0.4, 0.5) is 0 Å². The molecule has 1 aliphatic heterocycles. The lowest BCUT2D eigenvalue weighted by atomic mass is 9.93. The van der Waals surface area contributed by atoms with E-state index in [-0.39, 0.29) is 5.78 Å². The number of fused-ring (bicyclic) bond motifs is 1. The van der Waals surface area contributed by atoms with Gasteiger partial charge < -0.3 is 14.8 Å². The number of ether oxygens (including phenoxy) is 2. The van der Waals surface area contributed by atoms with Gasteiger partial charge in [0, 0.05) is 12.6 Å². The minimum absolute atomic E-state index is 0.147. The number of benzene rings is 3. The van der Waals surface area contributed by atoms with Crippen molar-refractivity contribution in [2.24, 2.45) is 0 Å². The van der Waals surface area contributed by atoms with Gasteiger partial charge in [0.2, 0.25) is 5.78 Å². The Balaban J connectivity index is 1.75. The average molecular weight is 387 g/mol. The molecule has 5 nitrogen and oxygen atoms in total. The lowest BCUT2D eigenvalue weighted by Gasteiger charge is -2.14. The zero-order valence-electron chi connectivity index (χ0n) is 16.3. The van der Waals surface area contributed by atoms with Crippen molar-refractivity contribution in [3.8, 4) is 0 Å². The van der Waals surface area contributed by atoms with Crippen molar-refractivity contribution in [1.82, 2.24) is 5.32 Å². The lowest BCUT2D eigenvalue weighted by molar-refractivity contribution is -0.120. The van der Waals surface area contributed by atoms with E-state index in [0.29, 0.717) is 29.2 Å². The molecule has 1 atom stereocenters. The second-order valence-corrected chi connectivity index (χ2v) is 6.69. The van der Waals surface area contributed by atoms with E-state index < -0.39 is 12.1 Å². The minimum atomic E-state index is -0.746. The average Bonchev–Trinajstić information content (AvgIpc) is 3.09. The highest BCUT2D eigenvalue weighted by Crippen LogP contribution is 2.39. The highest BCUT2D eigenvalue weighted by molar-refractivity contribution is 6.25. The molecule has 0 aliphatic carbocycles. The van der Waals surface area contributed by atoms with Crippen LogP contribution in [-0.2, 0) is 14.3 Å². The number of carbonyl (C=O) groups is 2. The van der Waals surface area contributed by atoms with Gasteiger partial charge in [0.05, 0.1) is 17.7 Å². The van der Waals surface area contributed by atoms with Crippen LogP contribution in [0.2, 0.25) is 0 Å². The van der Waals surface area contributed by atoms with Crippen LogP contribution >= 0.6 is 0 Å². The summed E-state index contributed by atoms with van der Waals surface area (Å²) in [5.74, 6) is -0.168. The molecule has 146 valence electrons.